The summed E-state index contributed by atoms with van der Waals surface area (Å²) in [5.41, 5.74) is 4.14. The summed E-state index contributed by atoms with van der Waals surface area (Å²) in [6.45, 7) is 1.13. The molecule has 144 valence electrons. The van der Waals surface area contributed by atoms with E-state index in [2.05, 4.69) is 25.2 Å². The number of nitrogens with zero attached hydrogens (tertiary/aromatic N) is 2. The molecular weight excluding hydrogens is 368 g/mol. The van der Waals surface area contributed by atoms with Crippen molar-refractivity contribution in [1.82, 2.24) is 15.2 Å². The summed E-state index contributed by atoms with van der Waals surface area (Å²) >= 11 is -1.26. The average molecular weight is 390 g/mol. The molecule has 0 aromatic carbocycles. The van der Waals surface area contributed by atoms with Gasteiger partial charge in [0.2, 0.25) is 5.88 Å². The van der Waals surface area contributed by atoms with Crippen molar-refractivity contribution < 1.29 is 14.0 Å². The van der Waals surface area contributed by atoms with Gasteiger partial charge in [-0.1, -0.05) is 0 Å². The Bertz CT molecular complexity index is 822. The number of aromatic amines is 1. The number of hydrogen-bond donors (Lipinski definition) is 4. The van der Waals surface area contributed by atoms with E-state index in [1.54, 1.807) is 24.7 Å². The van der Waals surface area contributed by atoms with Crippen LogP contribution in [0.4, 0.5) is 11.4 Å². The molecule has 9 nitrogen and oxygen atoms in total. The van der Waals surface area contributed by atoms with Gasteiger partial charge in [-0.25, -0.2) is 9.71 Å². The molecular formula is C17H22N6O3S. The first kappa shape index (κ1) is 19.2. The molecule has 27 heavy (non-hydrogen) atoms. The van der Waals surface area contributed by atoms with Crippen LogP contribution in [0.1, 0.15) is 18.4 Å². The molecule has 0 saturated carbocycles. The molecule has 0 fully saturated rings. The van der Waals surface area contributed by atoms with Gasteiger partial charge in [0.05, 0.1) is 55.5 Å². The minimum atomic E-state index is -1.26. The van der Waals surface area contributed by atoms with Gasteiger partial charge in [0, 0.05) is 23.9 Å². The van der Waals surface area contributed by atoms with Crippen molar-refractivity contribution in [3.05, 3.63) is 41.5 Å². The van der Waals surface area contributed by atoms with Gasteiger partial charge in [-0.2, -0.15) is 5.10 Å². The van der Waals surface area contributed by atoms with Gasteiger partial charge in [0.15, 0.2) is 0 Å². The number of aromatic nitrogens is 3. The fourth-order valence-electron chi connectivity index (χ4n) is 2.81. The second-order valence-electron chi connectivity index (χ2n) is 5.89. The Hall–Kier alpha value is -2.56. The topological polar surface area (TPSA) is 131 Å². The first-order chi connectivity index (χ1) is 13.1. The highest BCUT2D eigenvalue weighted by Crippen LogP contribution is 2.28. The Labute approximate surface area is 160 Å². The van der Waals surface area contributed by atoms with Crippen LogP contribution in [0.5, 0.6) is 5.88 Å². The van der Waals surface area contributed by atoms with Gasteiger partial charge in [0.1, 0.15) is 11.9 Å². The Morgan fingerprint density at radius 2 is 2.19 bits per heavy atom. The van der Waals surface area contributed by atoms with Crippen molar-refractivity contribution in [2.24, 2.45) is 0 Å². The average Bonchev–Trinajstić information content (AvgIpc) is 3.08. The molecule has 2 aromatic rings. The van der Waals surface area contributed by atoms with Crippen molar-refractivity contribution in [3.63, 3.8) is 0 Å². The minimum Gasteiger partial charge on any atom is -0.593 e. The van der Waals surface area contributed by atoms with E-state index < -0.39 is 11.4 Å². The smallest absolute Gasteiger partial charge is 0.241 e. The first-order valence-corrected chi connectivity index (χ1v) is 9.93. The quantitative estimate of drug-likeness (QED) is 0.420. The zero-order chi connectivity index (χ0) is 19.2. The highest BCUT2D eigenvalue weighted by molar-refractivity contribution is 7.92. The molecule has 4 N–H and O–H groups in total. The fourth-order valence-corrected chi connectivity index (χ4v) is 3.27. The molecule has 0 bridgehead atoms. The van der Waals surface area contributed by atoms with Crippen LogP contribution in [0.25, 0.3) is 0 Å². The van der Waals surface area contributed by atoms with E-state index >= 15 is 0 Å². The standard InChI is InChI=1S/C17H22N6O3S/c1-25-17-15(23-27(2)24)7-12(10-19-17)22-14-4-6-26-5-3-13(14)16(18)11-8-20-21-9-11/h7-10,18,22-23H,3-6H2,1-2H3,(H,20,21). The van der Waals surface area contributed by atoms with Crippen LogP contribution in [0.3, 0.4) is 0 Å². The molecule has 1 atom stereocenters. The molecule has 1 aliphatic rings. The Balaban J connectivity index is 1.91. The predicted molar refractivity (Wildman–Crippen MR) is 105 cm³/mol. The lowest BCUT2D eigenvalue weighted by atomic mass is 9.99. The number of methoxy groups -OCH3 is 1. The highest BCUT2D eigenvalue weighted by Gasteiger charge is 2.19. The number of hydrogen-bond acceptors (Lipinski definition) is 8. The molecule has 3 rings (SSSR count). The lowest BCUT2D eigenvalue weighted by molar-refractivity contribution is 0.146. The normalized spacial score (nSPS) is 15.8. The van der Waals surface area contributed by atoms with Crippen LogP contribution in [0, 0.1) is 5.41 Å². The van der Waals surface area contributed by atoms with E-state index in [9.17, 15) is 4.55 Å². The third-order valence-electron chi connectivity index (χ3n) is 4.04. The first-order valence-electron chi connectivity index (χ1n) is 8.37. The summed E-state index contributed by atoms with van der Waals surface area (Å²) in [7, 11) is 1.51. The minimum absolute atomic E-state index is 0.361. The number of nitrogens with one attached hydrogen (secondary N) is 4. The van der Waals surface area contributed by atoms with Gasteiger partial charge in [-0.05, 0) is 18.1 Å². The summed E-state index contributed by atoms with van der Waals surface area (Å²) in [5.74, 6) is 0.361. The largest absolute Gasteiger partial charge is 0.593 e. The van der Waals surface area contributed by atoms with Crippen LogP contribution in [0.15, 0.2) is 35.9 Å². The lowest BCUT2D eigenvalue weighted by Crippen LogP contribution is -2.13. The Kier molecular flexibility index (Phi) is 6.32. The van der Waals surface area contributed by atoms with E-state index in [1.165, 1.54) is 13.4 Å². The maximum Gasteiger partial charge on any atom is 0.241 e. The summed E-state index contributed by atoms with van der Waals surface area (Å²) in [4.78, 5) is 4.25. The maximum atomic E-state index is 11.5. The zero-order valence-electron chi connectivity index (χ0n) is 15.2. The van der Waals surface area contributed by atoms with E-state index in [1.807, 2.05) is 0 Å². The van der Waals surface area contributed by atoms with E-state index in [-0.39, 0.29) is 0 Å². The lowest BCUT2D eigenvalue weighted by Gasteiger charge is -2.17. The van der Waals surface area contributed by atoms with Gasteiger partial charge in [0.25, 0.3) is 0 Å². The van der Waals surface area contributed by atoms with Crippen molar-refractivity contribution in [2.45, 2.75) is 12.8 Å². The molecule has 1 unspecified atom stereocenters. The van der Waals surface area contributed by atoms with Crippen LogP contribution in [-0.2, 0) is 16.1 Å². The number of rotatable bonds is 7. The van der Waals surface area contributed by atoms with Crippen molar-refractivity contribution in [3.8, 4) is 5.88 Å². The van der Waals surface area contributed by atoms with Gasteiger partial charge < -0.3 is 19.3 Å². The molecule has 0 radical (unpaired) electrons. The molecule has 1 aliphatic heterocycles. The monoisotopic (exact) mass is 390 g/mol. The summed E-state index contributed by atoms with van der Waals surface area (Å²) in [6, 6.07) is 1.78. The molecule has 0 aliphatic carbocycles. The van der Waals surface area contributed by atoms with Crippen LogP contribution >= 0.6 is 0 Å². The second-order valence-corrected chi connectivity index (χ2v) is 7.01. The summed E-state index contributed by atoms with van der Waals surface area (Å²) in [6.07, 6.45) is 7.78. The van der Waals surface area contributed by atoms with Crippen molar-refractivity contribution in [2.75, 3.05) is 36.6 Å². The van der Waals surface area contributed by atoms with Gasteiger partial charge >= 0.3 is 0 Å². The zero-order valence-corrected chi connectivity index (χ0v) is 16.0. The molecule has 0 spiro atoms. The predicted octanol–water partition coefficient (Wildman–Crippen LogP) is 2.06. The summed E-state index contributed by atoms with van der Waals surface area (Å²) in [5, 5.41) is 18.6. The van der Waals surface area contributed by atoms with E-state index in [0.717, 1.165) is 16.8 Å². The number of ether oxygens (including phenoxy) is 2. The molecule has 2 aromatic heterocycles. The van der Waals surface area contributed by atoms with Gasteiger partial charge in [-0.3, -0.25) is 10.5 Å². The van der Waals surface area contributed by atoms with E-state index in [4.69, 9.17) is 14.9 Å². The Morgan fingerprint density at radius 3 is 2.89 bits per heavy atom. The van der Waals surface area contributed by atoms with Crippen LogP contribution in [0.2, 0.25) is 0 Å². The molecule has 0 saturated heterocycles. The van der Waals surface area contributed by atoms with Gasteiger partial charge in [-0.15, -0.1) is 0 Å². The number of anilines is 2. The molecule has 0 amide bonds. The fraction of sp³-hybridized carbons (Fsp3) is 0.353. The van der Waals surface area contributed by atoms with E-state index in [0.29, 0.717) is 49.0 Å². The summed E-state index contributed by atoms with van der Waals surface area (Å²) < 4.78 is 25.1. The number of pyridine rings is 1. The maximum absolute atomic E-state index is 11.5. The molecule has 10 heteroatoms. The number of H-pyrrole nitrogens is 1. The van der Waals surface area contributed by atoms with Crippen molar-refractivity contribution >= 4 is 28.4 Å². The third-order valence-corrected chi connectivity index (χ3v) is 4.55. The third kappa shape index (κ3) is 4.79. The second kappa shape index (κ2) is 8.89. The molecule has 3 heterocycles. The van der Waals surface area contributed by atoms with Crippen LogP contribution in [-0.4, -0.2) is 52.0 Å². The SMILES string of the molecule is COc1ncc(NC2=C(C(=N)c3cn[nH]c3)CCOCC2)cc1N[S+](C)[O-]. The van der Waals surface area contributed by atoms with Crippen LogP contribution < -0.4 is 14.8 Å². The highest BCUT2D eigenvalue weighted by atomic mass is 32.2. The Morgan fingerprint density at radius 1 is 1.37 bits per heavy atom. The van der Waals surface area contributed by atoms with Crippen molar-refractivity contribution in [1.29, 1.82) is 5.41 Å².